The van der Waals surface area contributed by atoms with Crippen molar-refractivity contribution >= 4 is 22.8 Å². The Kier molecular flexibility index (Phi) is 4.13. The Bertz CT molecular complexity index is 996. The van der Waals surface area contributed by atoms with Gasteiger partial charge in [-0.15, -0.1) is 0 Å². The van der Waals surface area contributed by atoms with Crippen LogP contribution in [0.1, 0.15) is 15.9 Å². The van der Waals surface area contributed by atoms with Gasteiger partial charge in [-0.3, -0.25) is 4.79 Å². The quantitative estimate of drug-likeness (QED) is 0.447. The number of carbonyl (C=O) groups is 1. The maximum Gasteiger partial charge on any atom is 0.205 e. The molecule has 24 heavy (non-hydrogen) atoms. The fraction of sp³-hybridized carbons (Fsp3) is 0.0526. The van der Waals surface area contributed by atoms with E-state index in [1.165, 1.54) is 25.3 Å². The van der Waals surface area contributed by atoms with Gasteiger partial charge in [-0.05, 0) is 29.8 Å². The lowest BCUT2D eigenvalue weighted by molar-refractivity contribution is 0.104. The standard InChI is InChI=1S/C19H13FN2O2/c1-24-18-7-6-12(9-16(18)20)8-13(10-21)19(23)15-11-22-17-5-3-2-4-14(15)17/h2-9,11,22H,1H3/b13-8+. The third-order valence-electron chi connectivity index (χ3n) is 3.69. The predicted molar refractivity (Wildman–Crippen MR) is 89.2 cm³/mol. The number of hydrogen-bond acceptors (Lipinski definition) is 3. The van der Waals surface area contributed by atoms with Gasteiger partial charge in [-0.25, -0.2) is 4.39 Å². The number of methoxy groups -OCH3 is 1. The number of para-hydroxylation sites is 1. The van der Waals surface area contributed by atoms with Crippen LogP contribution in [0.15, 0.2) is 54.2 Å². The molecule has 0 saturated heterocycles. The molecule has 0 saturated carbocycles. The average Bonchev–Trinajstić information content (AvgIpc) is 3.03. The van der Waals surface area contributed by atoms with Crippen molar-refractivity contribution in [1.82, 2.24) is 4.98 Å². The summed E-state index contributed by atoms with van der Waals surface area (Å²) in [5, 5.41) is 10.1. The summed E-state index contributed by atoms with van der Waals surface area (Å²) in [5.41, 5.74) is 1.57. The van der Waals surface area contributed by atoms with E-state index >= 15 is 0 Å². The van der Waals surface area contributed by atoms with Crippen molar-refractivity contribution < 1.29 is 13.9 Å². The van der Waals surface area contributed by atoms with E-state index in [1.54, 1.807) is 18.3 Å². The van der Waals surface area contributed by atoms with Crippen LogP contribution in [0.5, 0.6) is 5.75 Å². The topological polar surface area (TPSA) is 65.9 Å². The number of benzene rings is 2. The highest BCUT2D eigenvalue weighted by molar-refractivity contribution is 6.19. The number of allylic oxidation sites excluding steroid dienone is 1. The van der Waals surface area contributed by atoms with Crippen LogP contribution in [0.25, 0.3) is 17.0 Å². The number of ether oxygens (including phenoxy) is 1. The highest BCUT2D eigenvalue weighted by atomic mass is 19.1. The number of aromatic amines is 1. The average molecular weight is 320 g/mol. The smallest absolute Gasteiger partial charge is 0.205 e. The van der Waals surface area contributed by atoms with Gasteiger partial charge < -0.3 is 9.72 Å². The lowest BCUT2D eigenvalue weighted by atomic mass is 10.0. The molecule has 1 heterocycles. The Balaban J connectivity index is 2.01. The minimum absolute atomic E-state index is 0.0654. The molecule has 2 aromatic carbocycles. The number of fused-ring (bicyclic) bond motifs is 1. The number of carbonyl (C=O) groups excluding carboxylic acids is 1. The molecule has 0 bridgehead atoms. The summed E-state index contributed by atoms with van der Waals surface area (Å²) in [6.45, 7) is 0. The van der Waals surface area contributed by atoms with Gasteiger partial charge in [0.15, 0.2) is 11.6 Å². The summed E-state index contributed by atoms with van der Waals surface area (Å²) in [5.74, 6) is -0.858. The third-order valence-corrected chi connectivity index (χ3v) is 3.69. The van der Waals surface area contributed by atoms with E-state index in [-0.39, 0.29) is 11.3 Å². The number of nitriles is 1. The SMILES string of the molecule is COc1ccc(/C=C(\C#N)C(=O)c2c[nH]c3ccccc23)cc1F. The molecule has 0 radical (unpaired) electrons. The number of ketones is 1. The summed E-state index contributed by atoms with van der Waals surface area (Å²) in [6, 6.07) is 13.5. The molecule has 0 amide bonds. The summed E-state index contributed by atoms with van der Waals surface area (Å²) >= 11 is 0. The molecule has 5 heteroatoms. The second-order valence-corrected chi connectivity index (χ2v) is 5.14. The number of rotatable bonds is 4. The largest absolute Gasteiger partial charge is 0.494 e. The Morgan fingerprint density at radius 3 is 2.79 bits per heavy atom. The summed E-state index contributed by atoms with van der Waals surface area (Å²) < 4.78 is 18.6. The first-order valence-electron chi connectivity index (χ1n) is 7.20. The monoisotopic (exact) mass is 320 g/mol. The first-order valence-corrected chi connectivity index (χ1v) is 7.20. The summed E-state index contributed by atoms with van der Waals surface area (Å²) in [7, 11) is 1.37. The summed E-state index contributed by atoms with van der Waals surface area (Å²) in [6.07, 6.45) is 2.94. The highest BCUT2D eigenvalue weighted by Gasteiger charge is 2.16. The number of nitrogens with zero attached hydrogens (tertiary/aromatic N) is 1. The molecule has 0 aliphatic rings. The van der Waals surface area contributed by atoms with E-state index in [0.717, 1.165) is 10.9 Å². The first-order chi connectivity index (χ1) is 11.6. The Morgan fingerprint density at radius 1 is 1.29 bits per heavy atom. The fourth-order valence-corrected chi connectivity index (χ4v) is 2.49. The molecular formula is C19H13FN2O2. The van der Waals surface area contributed by atoms with Crippen LogP contribution >= 0.6 is 0 Å². The van der Waals surface area contributed by atoms with E-state index in [4.69, 9.17) is 4.74 Å². The minimum Gasteiger partial charge on any atom is -0.494 e. The van der Waals surface area contributed by atoms with Crippen molar-refractivity contribution in [3.8, 4) is 11.8 Å². The molecule has 4 nitrogen and oxygen atoms in total. The molecule has 0 spiro atoms. The van der Waals surface area contributed by atoms with Gasteiger partial charge in [0.1, 0.15) is 11.6 Å². The lowest BCUT2D eigenvalue weighted by Crippen LogP contribution is -2.01. The van der Waals surface area contributed by atoms with E-state index in [1.807, 2.05) is 24.3 Å². The van der Waals surface area contributed by atoms with Gasteiger partial charge in [-0.2, -0.15) is 5.26 Å². The van der Waals surface area contributed by atoms with Crippen LogP contribution in [-0.4, -0.2) is 17.9 Å². The van der Waals surface area contributed by atoms with Crippen molar-refractivity contribution in [3.63, 3.8) is 0 Å². The van der Waals surface area contributed by atoms with E-state index < -0.39 is 11.6 Å². The van der Waals surface area contributed by atoms with Crippen molar-refractivity contribution in [2.24, 2.45) is 0 Å². The number of Topliss-reactive ketones (excluding diaryl/α,β-unsaturated/α-hetero) is 1. The van der Waals surface area contributed by atoms with Crippen molar-refractivity contribution in [2.45, 2.75) is 0 Å². The van der Waals surface area contributed by atoms with Gasteiger partial charge in [-0.1, -0.05) is 24.3 Å². The van der Waals surface area contributed by atoms with E-state index in [2.05, 4.69) is 4.98 Å². The Labute approximate surface area is 137 Å². The van der Waals surface area contributed by atoms with Gasteiger partial charge in [0.25, 0.3) is 0 Å². The molecule has 0 atom stereocenters. The third kappa shape index (κ3) is 2.77. The van der Waals surface area contributed by atoms with Crippen LogP contribution in [0.4, 0.5) is 4.39 Å². The van der Waals surface area contributed by atoms with Crippen molar-refractivity contribution in [1.29, 1.82) is 5.26 Å². The molecule has 1 N–H and O–H groups in total. The number of H-pyrrole nitrogens is 1. The number of halogens is 1. The highest BCUT2D eigenvalue weighted by Crippen LogP contribution is 2.23. The molecule has 1 aromatic heterocycles. The maximum atomic E-state index is 13.8. The second kappa shape index (κ2) is 6.39. The van der Waals surface area contributed by atoms with Crippen LogP contribution in [0.2, 0.25) is 0 Å². The normalized spacial score (nSPS) is 11.3. The summed E-state index contributed by atoms with van der Waals surface area (Å²) in [4.78, 5) is 15.6. The van der Waals surface area contributed by atoms with Gasteiger partial charge in [0, 0.05) is 22.7 Å². The molecule has 0 unspecified atom stereocenters. The lowest BCUT2D eigenvalue weighted by Gasteiger charge is -2.03. The maximum absolute atomic E-state index is 13.8. The van der Waals surface area contributed by atoms with E-state index in [9.17, 15) is 14.4 Å². The van der Waals surface area contributed by atoms with Crippen LogP contribution < -0.4 is 4.74 Å². The Morgan fingerprint density at radius 2 is 2.08 bits per heavy atom. The zero-order valence-electron chi connectivity index (χ0n) is 12.8. The molecule has 0 aliphatic heterocycles. The molecule has 3 rings (SSSR count). The second-order valence-electron chi connectivity index (χ2n) is 5.14. The molecular weight excluding hydrogens is 307 g/mol. The number of nitrogens with one attached hydrogen (secondary N) is 1. The zero-order valence-corrected chi connectivity index (χ0v) is 12.8. The molecule has 3 aromatic rings. The van der Waals surface area contributed by atoms with Crippen LogP contribution in [0, 0.1) is 17.1 Å². The van der Waals surface area contributed by atoms with Crippen LogP contribution in [0.3, 0.4) is 0 Å². The van der Waals surface area contributed by atoms with Gasteiger partial charge in [0.05, 0.1) is 7.11 Å². The minimum atomic E-state index is -0.553. The van der Waals surface area contributed by atoms with Crippen LogP contribution in [-0.2, 0) is 0 Å². The van der Waals surface area contributed by atoms with E-state index in [0.29, 0.717) is 11.1 Å². The van der Waals surface area contributed by atoms with Gasteiger partial charge >= 0.3 is 0 Å². The first kappa shape index (κ1) is 15.5. The zero-order chi connectivity index (χ0) is 17.1. The number of aromatic nitrogens is 1. The molecule has 118 valence electrons. The number of hydrogen-bond donors (Lipinski definition) is 1. The predicted octanol–water partition coefficient (Wildman–Crippen LogP) is 4.11. The molecule has 0 aliphatic carbocycles. The molecule has 0 fully saturated rings. The van der Waals surface area contributed by atoms with Crippen molar-refractivity contribution in [3.05, 3.63) is 71.2 Å². The van der Waals surface area contributed by atoms with Crippen molar-refractivity contribution in [2.75, 3.05) is 7.11 Å². The fourth-order valence-electron chi connectivity index (χ4n) is 2.49. The van der Waals surface area contributed by atoms with Gasteiger partial charge in [0.2, 0.25) is 5.78 Å². The Hall–Kier alpha value is -3.39.